The molecule has 0 fully saturated rings. The predicted molar refractivity (Wildman–Crippen MR) is 67.4 cm³/mol. The molecule has 1 heterocycles. The van der Waals surface area contributed by atoms with Crippen molar-refractivity contribution in [3.05, 3.63) is 36.7 Å². The van der Waals surface area contributed by atoms with Gasteiger partial charge < -0.3 is 5.32 Å². The van der Waals surface area contributed by atoms with E-state index in [1.165, 1.54) is 11.8 Å². The van der Waals surface area contributed by atoms with E-state index in [2.05, 4.69) is 10.3 Å². The second kappa shape index (κ2) is 7.93. The summed E-state index contributed by atoms with van der Waals surface area (Å²) >= 11 is 1.52. The summed E-state index contributed by atoms with van der Waals surface area (Å²) in [6.07, 6.45) is 8.37. The lowest BCUT2D eigenvalue weighted by molar-refractivity contribution is -0.118. The van der Waals surface area contributed by atoms with Crippen LogP contribution in [0.15, 0.2) is 41.6 Å². The zero-order valence-corrected chi connectivity index (χ0v) is 10.2. The van der Waals surface area contributed by atoms with Gasteiger partial charge in [-0.25, -0.2) is 0 Å². The zero-order chi connectivity index (χ0) is 11.6. The van der Waals surface area contributed by atoms with Crippen molar-refractivity contribution in [3.63, 3.8) is 0 Å². The highest BCUT2D eigenvalue weighted by molar-refractivity contribution is 8.00. The van der Waals surface area contributed by atoms with Gasteiger partial charge in [0.1, 0.15) is 0 Å². The number of rotatable bonds is 6. The largest absolute Gasteiger partial charge is 0.355 e. The number of amides is 1. The molecule has 0 aliphatic rings. The Balaban J connectivity index is 2.15. The van der Waals surface area contributed by atoms with Gasteiger partial charge in [0.25, 0.3) is 0 Å². The fraction of sp³-hybridized carbons (Fsp3) is 0.333. The van der Waals surface area contributed by atoms with Crippen LogP contribution in [0, 0.1) is 0 Å². The van der Waals surface area contributed by atoms with Crippen molar-refractivity contribution >= 4 is 17.7 Å². The van der Waals surface area contributed by atoms with Crippen LogP contribution in [0.3, 0.4) is 0 Å². The smallest absolute Gasteiger partial charge is 0.230 e. The van der Waals surface area contributed by atoms with Crippen LogP contribution in [0.2, 0.25) is 0 Å². The molecule has 1 aromatic rings. The maximum atomic E-state index is 11.4. The molecule has 0 aliphatic heterocycles. The number of carbonyl (C=O) groups is 1. The van der Waals surface area contributed by atoms with Gasteiger partial charge in [0.15, 0.2) is 0 Å². The predicted octanol–water partition coefficient (Wildman–Crippen LogP) is 2.26. The van der Waals surface area contributed by atoms with Crippen molar-refractivity contribution in [2.75, 3.05) is 12.3 Å². The molecule has 0 unspecified atom stereocenters. The normalized spacial score (nSPS) is 10.6. The molecular formula is C12H16N2OS. The number of allylic oxidation sites excluding steroid dienone is 1. The molecule has 0 atom stereocenters. The third-order valence-corrected chi connectivity index (χ3v) is 2.90. The molecule has 0 spiro atoms. The van der Waals surface area contributed by atoms with Crippen LogP contribution in [-0.2, 0) is 4.79 Å². The molecule has 0 saturated carbocycles. The molecule has 3 nitrogen and oxygen atoms in total. The van der Waals surface area contributed by atoms with Gasteiger partial charge in [-0.1, -0.05) is 12.2 Å². The number of aromatic nitrogens is 1. The van der Waals surface area contributed by atoms with Gasteiger partial charge in [0, 0.05) is 23.8 Å². The van der Waals surface area contributed by atoms with Gasteiger partial charge in [-0.3, -0.25) is 9.78 Å². The zero-order valence-electron chi connectivity index (χ0n) is 9.35. The maximum absolute atomic E-state index is 11.4. The van der Waals surface area contributed by atoms with Crippen LogP contribution in [-0.4, -0.2) is 23.2 Å². The van der Waals surface area contributed by atoms with Gasteiger partial charge in [-0.2, -0.15) is 0 Å². The van der Waals surface area contributed by atoms with E-state index in [1.54, 1.807) is 12.4 Å². The highest BCUT2D eigenvalue weighted by Gasteiger charge is 2.00. The Hall–Kier alpha value is -1.29. The Kier molecular flexibility index (Phi) is 6.33. The summed E-state index contributed by atoms with van der Waals surface area (Å²) in [5.74, 6) is 0.533. The Morgan fingerprint density at radius 2 is 2.25 bits per heavy atom. The summed E-state index contributed by atoms with van der Waals surface area (Å²) in [5, 5.41) is 2.86. The van der Waals surface area contributed by atoms with E-state index in [4.69, 9.17) is 0 Å². The molecule has 0 radical (unpaired) electrons. The van der Waals surface area contributed by atoms with Crippen LogP contribution < -0.4 is 5.32 Å². The fourth-order valence-corrected chi connectivity index (χ4v) is 1.81. The van der Waals surface area contributed by atoms with Crippen LogP contribution in [0.25, 0.3) is 0 Å². The number of pyridine rings is 1. The van der Waals surface area contributed by atoms with Crippen molar-refractivity contribution in [1.29, 1.82) is 0 Å². The van der Waals surface area contributed by atoms with E-state index in [0.29, 0.717) is 12.3 Å². The van der Waals surface area contributed by atoms with Crippen LogP contribution in [0.5, 0.6) is 0 Å². The molecule has 1 rings (SSSR count). The van der Waals surface area contributed by atoms with E-state index in [0.717, 1.165) is 11.3 Å². The van der Waals surface area contributed by atoms with E-state index in [1.807, 2.05) is 31.2 Å². The van der Waals surface area contributed by atoms with Crippen LogP contribution >= 0.6 is 11.8 Å². The van der Waals surface area contributed by atoms with E-state index < -0.39 is 0 Å². The highest BCUT2D eigenvalue weighted by Crippen LogP contribution is 2.15. The van der Waals surface area contributed by atoms with Crippen molar-refractivity contribution in [1.82, 2.24) is 10.3 Å². The first-order valence-corrected chi connectivity index (χ1v) is 6.22. The average Bonchev–Trinajstić information content (AvgIpc) is 2.33. The minimum absolute atomic E-state index is 0.0753. The van der Waals surface area contributed by atoms with E-state index in [9.17, 15) is 4.79 Å². The second-order valence-corrected chi connectivity index (χ2v) is 4.23. The molecule has 0 aliphatic carbocycles. The van der Waals surface area contributed by atoms with Gasteiger partial charge in [0.05, 0.1) is 5.75 Å². The van der Waals surface area contributed by atoms with Crippen LogP contribution in [0.1, 0.15) is 13.3 Å². The topological polar surface area (TPSA) is 42.0 Å². The maximum Gasteiger partial charge on any atom is 0.230 e. The molecule has 0 aromatic carbocycles. The molecular weight excluding hydrogens is 220 g/mol. The molecule has 4 heteroatoms. The Morgan fingerprint density at radius 3 is 2.94 bits per heavy atom. The fourth-order valence-electron chi connectivity index (χ4n) is 1.10. The summed E-state index contributed by atoms with van der Waals surface area (Å²) in [5.41, 5.74) is 0. The molecule has 1 N–H and O–H groups in total. The molecule has 1 amide bonds. The summed E-state index contributed by atoms with van der Waals surface area (Å²) < 4.78 is 0. The minimum Gasteiger partial charge on any atom is -0.355 e. The lowest BCUT2D eigenvalue weighted by Gasteiger charge is -2.03. The minimum atomic E-state index is 0.0753. The van der Waals surface area contributed by atoms with Gasteiger partial charge in [0.2, 0.25) is 5.91 Å². The molecule has 1 aromatic heterocycles. The quantitative estimate of drug-likeness (QED) is 0.468. The third-order valence-electron chi connectivity index (χ3n) is 1.89. The van der Waals surface area contributed by atoms with Crippen molar-refractivity contribution < 1.29 is 4.79 Å². The van der Waals surface area contributed by atoms with Gasteiger partial charge >= 0.3 is 0 Å². The van der Waals surface area contributed by atoms with Crippen molar-refractivity contribution in [3.8, 4) is 0 Å². The molecule has 86 valence electrons. The van der Waals surface area contributed by atoms with E-state index >= 15 is 0 Å². The summed E-state index contributed by atoms with van der Waals surface area (Å²) in [7, 11) is 0. The highest BCUT2D eigenvalue weighted by atomic mass is 32.2. The second-order valence-electron chi connectivity index (χ2n) is 3.18. The average molecular weight is 236 g/mol. The first kappa shape index (κ1) is 12.8. The summed E-state index contributed by atoms with van der Waals surface area (Å²) in [4.78, 5) is 16.4. The number of nitrogens with zero attached hydrogens (tertiary/aromatic N) is 1. The first-order valence-electron chi connectivity index (χ1n) is 5.23. The summed E-state index contributed by atoms with van der Waals surface area (Å²) in [6, 6.07) is 3.80. The lowest BCUT2D eigenvalue weighted by Crippen LogP contribution is -2.25. The van der Waals surface area contributed by atoms with Crippen LogP contribution in [0.4, 0.5) is 0 Å². The number of hydrogen-bond acceptors (Lipinski definition) is 3. The Morgan fingerprint density at radius 1 is 1.50 bits per heavy atom. The molecule has 0 saturated heterocycles. The van der Waals surface area contributed by atoms with Crippen molar-refractivity contribution in [2.24, 2.45) is 0 Å². The number of hydrogen-bond donors (Lipinski definition) is 1. The van der Waals surface area contributed by atoms with E-state index in [-0.39, 0.29) is 5.91 Å². The monoisotopic (exact) mass is 236 g/mol. The Labute approximate surface area is 100 Å². The lowest BCUT2D eigenvalue weighted by atomic mass is 10.4. The number of nitrogens with one attached hydrogen (secondary N) is 1. The standard InChI is InChI=1S/C12H16N2OS/c1-2-3-4-7-14-12(15)10-16-11-5-8-13-9-6-11/h2-3,5-6,8-9H,4,7,10H2,1H3,(H,14,15)/b3-2+. The molecule has 16 heavy (non-hydrogen) atoms. The molecule has 0 bridgehead atoms. The summed E-state index contributed by atoms with van der Waals surface area (Å²) in [6.45, 7) is 2.68. The number of thioether (sulfide) groups is 1. The third kappa shape index (κ3) is 5.56. The van der Waals surface area contributed by atoms with Crippen molar-refractivity contribution in [2.45, 2.75) is 18.2 Å². The first-order chi connectivity index (χ1) is 7.83. The SMILES string of the molecule is C/C=C/CCNC(=O)CSc1ccncc1. The number of carbonyl (C=O) groups excluding carboxylic acids is 1. The van der Waals surface area contributed by atoms with Gasteiger partial charge in [-0.05, 0) is 25.5 Å². The van der Waals surface area contributed by atoms with Gasteiger partial charge in [-0.15, -0.1) is 11.8 Å². The Bertz CT molecular complexity index is 338.